The summed E-state index contributed by atoms with van der Waals surface area (Å²) in [6.07, 6.45) is 0. The molecule has 0 atom stereocenters. The van der Waals surface area contributed by atoms with Gasteiger partial charge in [0.2, 0.25) is 0 Å². The molecule has 0 saturated heterocycles. The molecule has 0 aliphatic carbocycles. The van der Waals surface area contributed by atoms with E-state index < -0.39 is 0 Å². The summed E-state index contributed by atoms with van der Waals surface area (Å²) in [6, 6.07) is 16.0. The first-order valence-corrected chi connectivity index (χ1v) is 5.55. The monoisotopic (exact) mass is 227 g/mol. The second kappa shape index (κ2) is 4.78. The number of rotatable bonds is 3. The predicted octanol–water partition coefficient (Wildman–Crippen LogP) is 3.08. The summed E-state index contributed by atoms with van der Waals surface area (Å²) in [5.74, 6) is 0. The summed E-state index contributed by atoms with van der Waals surface area (Å²) < 4.78 is 0. The molecule has 3 N–H and O–H groups in total. The lowest BCUT2D eigenvalue weighted by atomic mass is 10.2. The molecule has 0 saturated carbocycles. The number of hydrogen-bond donors (Lipinski definition) is 2. The van der Waals surface area contributed by atoms with Crippen molar-refractivity contribution in [1.29, 1.82) is 0 Å². The van der Waals surface area contributed by atoms with Gasteiger partial charge in [-0.05, 0) is 36.4 Å². The molecule has 0 aliphatic heterocycles. The van der Waals surface area contributed by atoms with E-state index in [0.29, 0.717) is 0 Å². The fourth-order valence-electron chi connectivity index (χ4n) is 1.64. The first kappa shape index (κ1) is 11.3. The highest BCUT2D eigenvalue weighted by atomic mass is 15.1. The van der Waals surface area contributed by atoms with Gasteiger partial charge in [-0.15, -0.1) is 0 Å². The van der Waals surface area contributed by atoms with Crippen molar-refractivity contribution >= 4 is 22.7 Å². The van der Waals surface area contributed by atoms with Gasteiger partial charge in [-0.3, -0.25) is 0 Å². The van der Waals surface area contributed by atoms with Crippen LogP contribution in [0.1, 0.15) is 0 Å². The van der Waals surface area contributed by atoms with Crippen LogP contribution in [0.15, 0.2) is 48.5 Å². The quantitative estimate of drug-likeness (QED) is 0.792. The molecule has 0 radical (unpaired) electrons. The third kappa shape index (κ3) is 2.91. The van der Waals surface area contributed by atoms with Crippen molar-refractivity contribution < 1.29 is 0 Å². The van der Waals surface area contributed by atoms with Gasteiger partial charge in [0, 0.05) is 36.8 Å². The molecule has 2 aromatic carbocycles. The van der Waals surface area contributed by atoms with Crippen LogP contribution in [0.2, 0.25) is 0 Å². The zero-order chi connectivity index (χ0) is 12.3. The Morgan fingerprint density at radius 2 is 1.59 bits per heavy atom. The van der Waals surface area contributed by atoms with Crippen LogP contribution >= 0.6 is 0 Å². The van der Waals surface area contributed by atoms with Crippen molar-refractivity contribution in [1.82, 2.24) is 0 Å². The predicted molar refractivity (Wildman–Crippen MR) is 74.9 cm³/mol. The lowest BCUT2D eigenvalue weighted by molar-refractivity contribution is 1.13. The van der Waals surface area contributed by atoms with E-state index in [2.05, 4.69) is 22.3 Å². The molecule has 0 heterocycles. The van der Waals surface area contributed by atoms with E-state index >= 15 is 0 Å². The molecule has 0 unspecified atom stereocenters. The zero-order valence-electron chi connectivity index (χ0n) is 10.1. The van der Waals surface area contributed by atoms with E-state index in [1.165, 1.54) is 5.69 Å². The smallest absolute Gasteiger partial charge is 0.0405 e. The maximum Gasteiger partial charge on any atom is 0.0405 e. The van der Waals surface area contributed by atoms with Gasteiger partial charge < -0.3 is 16.0 Å². The van der Waals surface area contributed by atoms with Crippen LogP contribution in [0.5, 0.6) is 0 Å². The van der Waals surface area contributed by atoms with Crippen LogP contribution in [-0.4, -0.2) is 14.1 Å². The van der Waals surface area contributed by atoms with Gasteiger partial charge in [0.15, 0.2) is 0 Å². The van der Waals surface area contributed by atoms with Crippen LogP contribution < -0.4 is 16.0 Å². The Kier molecular flexibility index (Phi) is 3.19. The topological polar surface area (TPSA) is 41.3 Å². The van der Waals surface area contributed by atoms with Gasteiger partial charge in [0.1, 0.15) is 0 Å². The first-order valence-electron chi connectivity index (χ1n) is 5.55. The minimum Gasteiger partial charge on any atom is -0.399 e. The van der Waals surface area contributed by atoms with E-state index in [1.807, 2.05) is 50.5 Å². The third-order valence-corrected chi connectivity index (χ3v) is 2.54. The number of nitrogen functional groups attached to an aromatic ring is 1. The number of nitrogens with one attached hydrogen (secondary N) is 1. The average molecular weight is 227 g/mol. The molecule has 2 aromatic rings. The van der Waals surface area contributed by atoms with Crippen molar-refractivity contribution in [2.75, 3.05) is 30.0 Å². The van der Waals surface area contributed by atoms with E-state index in [-0.39, 0.29) is 0 Å². The maximum atomic E-state index is 5.74. The van der Waals surface area contributed by atoms with E-state index in [1.54, 1.807) is 0 Å². The Labute approximate surface area is 102 Å². The first-order chi connectivity index (χ1) is 8.15. The number of nitrogens with zero attached hydrogens (tertiary/aromatic N) is 1. The van der Waals surface area contributed by atoms with E-state index in [9.17, 15) is 0 Å². The number of hydrogen-bond acceptors (Lipinski definition) is 3. The maximum absolute atomic E-state index is 5.74. The average Bonchev–Trinajstić information content (AvgIpc) is 2.29. The van der Waals surface area contributed by atoms with Crippen molar-refractivity contribution in [2.24, 2.45) is 0 Å². The zero-order valence-corrected chi connectivity index (χ0v) is 10.1. The summed E-state index contributed by atoms with van der Waals surface area (Å²) >= 11 is 0. The molecule has 0 spiro atoms. The number of benzene rings is 2. The lowest BCUT2D eigenvalue weighted by Crippen LogP contribution is -2.08. The van der Waals surface area contributed by atoms with Crippen molar-refractivity contribution in [2.45, 2.75) is 0 Å². The molecule has 2 rings (SSSR count). The van der Waals surface area contributed by atoms with Gasteiger partial charge in [-0.1, -0.05) is 12.1 Å². The third-order valence-electron chi connectivity index (χ3n) is 2.54. The van der Waals surface area contributed by atoms with Crippen LogP contribution in [0.25, 0.3) is 0 Å². The largest absolute Gasteiger partial charge is 0.399 e. The van der Waals surface area contributed by atoms with Crippen molar-refractivity contribution in [3.63, 3.8) is 0 Å². The van der Waals surface area contributed by atoms with Gasteiger partial charge in [-0.2, -0.15) is 0 Å². The fraction of sp³-hybridized carbons (Fsp3) is 0.143. The fourth-order valence-corrected chi connectivity index (χ4v) is 1.64. The summed E-state index contributed by atoms with van der Waals surface area (Å²) in [5, 5.41) is 3.33. The highest BCUT2D eigenvalue weighted by Crippen LogP contribution is 2.22. The standard InChI is InChI=1S/C14H17N3/c1-17(2)14-8-4-7-13(10-14)16-12-6-3-5-11(15)9-12/h3-10,16H,15H2,1-2H3. The lowest BCUT2D eigenvalue weighted by Gasteiger charge is -2.14. The number of anilines is 4. The van der Waals surface area contributed by atoms with Gasteiger partial charge in [0.05, 0.1) is 0 Å². The van der Waals surface area contributed by atoms with Gasteiger partial charge in [0.25, 0.3) is 0 Å². The van der Waals surface area contributed by atoms with Crippen LogP contribution in [0.4, 0.5) is 22.7 Å². The summed E-state index contributed by atoms with van der Waals surface area (Å²) in [4.78, 5) is 2.07. The highest BCUT2D eigenvalue weighted by Gasteiger charge is 1.98. The summed E-state index contributed by atoms with van der Waals surface area (Å²) in [6.45, 7) is 0. The van der Waals surface area contributed by atoms with Crippen LogP contribution in [0.3, 0.4) is 0 Å². The Hall–Kier alpha value is -2.16. The van der Waals surface area contributed by atoms with Crippen LogP contribution in [0, 0.1) is 0 Å². The molecule has 17 heavy (non-hydrogen) atoms. The Bertz CT molecular complexity index is 506. The summed E-state index contributed by atoms with van der Waals surface area (Å²) in [5.41, 5.74) is 9.73. The molecule has 88 valence electrons. The molecular formula is C14H17N3. The SMILES string of the molecule is CN(C)c1cccc(Nc2cccc(N)c2)c1. The Balaban J connectivity index is 2.21. The normalized spacial score (nSPS) is 10.0. The molecule has 0 amide bonds. The van der Waals surface area contributed by atoms with E-state index in [0.717, 1.165) is 17.1 Å². The van der Waals surface area contributed by atoms with E-state index in [4.69, 9.17) is 5.73 Å². The molecule has 0 bridgehead atoms. The van der Waals surface area contributed by atoms with Gasteiger partial charge in [-0.25, -0.2) is 0 Å². The minimum absolute atomic E-state index is 0.763. The summed E-state index contributed by atoms with van der Waals surface area (Å²) in [7, 11) is 4.05. The highest BCUT2D eigenvalue weighted by molar-refractivity contribution is 5.67. The van der Waals surface area contributed by atoms with Crippen molar-refractivity contribution in [3.05, 3.63) is 48.5 Å². The molecule has 0 fully saturated rings. The molecular weight excluding hydrogens is 210 g/mol. The molecule has 3 heteroatoms. The van der Waals surface area contributed by atoms with Gasteiger partial charge >= 0.3 is 0 Å². The second-order valence-corrected chi connectivity index (χ2v) is 4.20. The Morgan fingerprint density at radius 3 is 2.24 bits per heavy atom. The number of nitrogens with two attached hydrogens (primary N) is 1. The van der Waals surface area contributed by atoms with Crippen LogP contribution in [-0.2, 0) is 0 Å². The molecule has 0 aromatic heterocycles. The molecule has 3 nitrogen and oxygen atoms in total. The Morgan fingerprint density at radius 1 is 0.941 bits per heavy atom. The minimum atomic E-state index is 0.763. The molecule has 0 aliphatic rings. The second-order valence-electron chi connectivity index (χ2n) is 4.20. The van der Waals surface area contributed by atoms with Crippen molar-refractivity contribution in [3.8, 4) is 0 Å².